The predicted octanol–water partition coefficient (Wildman–Crippen LogP) is 14.0. The van der Waals surface area contributed by atoms with Crippen LogP contribution in [0.25, 0.3) is 0 Å². The number of ether oxygens (including phenoxy) is 1. The van der Waals surface area contributed by atoms with Crippen molar-refractivity contribution in [3.63, 3.8) is 0 Å². The van der Waals surface area contributed by atoms with Crippen LogP contribution in [-0.4, -0.2) is 59.3 Å². The van der Waals surface area contributed by atoms with Crippen molar-refractivity contribution < 1.29 is 19.1 Å². The SMILES string of the molecule is CCCCCCCCCCSC(=O)C(C)(C)CCCCCC(CCCCCC(C)(C)C(=O)SCCCCCCCCCC)OC(=O)CCCN(C)C. The summed E-state index contributed by atoms with van der Waals surface area (Å²) in [4.78, 5) is 40.7. The van der Waals surface area contributed by atoms with Gasteiger partial charge in [-0.25, -0.2) is 0 Å². The van der Waals surface area contributed by atoms with Gasteiger partial charge in [0.2, 0.25) is 0 Å². The first-order chi connectivity index (χ1) is 24.9. The molecule has 0 amide bonds. The highest BCUT2D eigenvalue weighted by Gasteiger charge is 2.28. The average molecular weight is 770 g/mol. The summed E-state index contributed by atoms with van der Waals surface area (Å²) in [5.74, 6) is 1.82. The van der Waals surface area contributed by atoms with E-state index in [1.54, 1.807) is 23.5 Å². The van der Waals surface area contributed by atoms with Crippen LogP contribution in [-0.2, 0) is 19.1 Å². The van der Waals surface area contributed by atoms with Gasteiger partial charge in [0.05, 0.1) is 0 Å². The monoisotopic (exact) mass is 770 g/mol. The van der Waals surface area contributed by atoms with Crippen LogP contribution in [0.4, 0.5) is 0 Å². The highest BCUT2D eigenvalue weighted by Crippen LogP contribution is 2.32. The minimum Gasteiger partial charge on any atom is -0.462 e. The number of hydrogen-bond acceptors (Lipinski definition) is 7. The third-order valence-corrected chi connectivity index (χ3v) is 13.1. The van der Waals surface area contributed by atoms with E-state index in [-0.39, 0.29) is 22.9 Å². The topological polar surface area (TPSA) is 63.7 Å². The molecule has 0 bridgehead atoms. The summed E-state index contributed by atoms with van der Waals surface area (Å²) in [5, 5.41) is 0.680. The maximum atomic E-state index is 13.0. The molecule has 0 aliphatic carbocycles. The molecule has 308 valence electrons. The van der Waals surface area contributed by atoms with Gasteiger partial charge >= 0.3 is 5.97 Å². The molecule has 0 aromatic carbocycles. The van der Waals surface area contributed by atoms with Gasteiger partial charge in [0, 0.05) is 28.8 Å². The van der Waals surface area contributed by atoms with Crippen molar-refractivity contribution in [2.45, 2.75) is 227 Å². The minimum atomic E-state index is -0.287. The van der Waals surface area contributed by atoms with Gasteiger partial charge < -0.3 is 9.64 Å². The average Bonchev–Trinajstić information content (AvgIpc) is 3.09. The predicted molar refractivity (Wildman–Crippen MR) is 232 cm³/mol. The highest BCUT2D eigenvalue weighted by atomic mass is 32.2. The van der Waals surface area contributed by atoms with Crippen LogP contribution in [0.2, 0.25) is 0 Å². The molecule has 0 saturated heterocycles. The fourth-order valence-electron chi connectivity index (χ4n) is 6.67. The summed E-state index contributed by atoms with van der Waals surface area (Å²) in [6, 6.07) is 0. The maximum Gasteiger partial charge on any atom is 0.306 e. The van der Waals surface area contributed by atoms with Gasteiger partial charge in [0.25, 0.3) is 0 Å². The molecule has 0 aromatic heterocycles. The fourth-order valence-corrected chi connectivity index (χ4v) is 8.73. The normalized spacial score (nSPS) is 12.3. The van der Waals surface area contributed by atoms with Crippen LogP contribution in [0.5, 0.6) is 0 Å². The van der Waals surface area contributed by atoms with E-state index in [0.717, 1.165) is 102 Å². The second kappa shape index (κ2) is 33.8. The molecule has 0 heterocycles. The summed E-state index contributed by atoms with van der Waals surface area (Å²) in [5.41, 5.74) is -0.575. The third kappa shape index (κ3) is 30.8. The number of unbranched alkanes of at least 4 members (excludes halogenated alkanes) is 18. The lowest BCUT2D eigenvalue weighted by atomic mass is 9.87. The lowest BCUT2D eigenvalue weighted by Crippen LogP contribution is -2.22. The van der Waals surface area contributed by atoms with Crippen LogP contribution in [0.3, 0.4) is 0 Å². The fraction of sp³-hybridized carbons (Fsp3) is 0.933. The molecular weight excluding hydrogens is 683 g/mol. The number of carbonyl (C=O) groups excluding carboxylic acids is 3. The van der Waals surface area contributed by atoms with Crippen molar-refractivity contribution in [2.75, 3.05) is 32.1 Å². The zero-order valence-electron chi connectivity index (χ0n) is 35.9. The summed E-state index contributed by atoms with van der Waals surface area (Å²) in [7, 11) is 4.06. The second-order valence-electron chi connectivity index (χ2n) is 17.2. The minimum absolute atomic E-state index is 0.0412. The largest absolute Gasteiger partial charge is 0.462 e. The molecule has 0 aliphatic heterocycles. The number of carbonyl (C=O) groups is 3. The Morgan fingerprint density at radius 2 is 0.885 bits per heavy atom. The van der Waals surface area contributed by atoms with Crippen LogP contribution >= 0.6 is 23.5 Å². The Labute approximate surface area is 332 Å². The maximum absolute atomic E-state index is 13.0. The molecule has 0 rings (SSSR count). The summed E-state index contributed by atoms with van der Waals surface area (Å²) >= 11 is 3.09. The van der Waals surface area contributed by atoms with E-state index in [1.807, 2.05) is 14.1 Å². The first-order valence-corrected chi connectivity index (χ1v) is 24.0. The summed E-state index contributed by atoms with van der Waals surface area (Å²) in [6.07, 6.45) is 31.8. The van der Waals surface area contributed by atoms with Gasteiger partial charge in [-0.2, -0.15) is 0 Å². The Morgan fingerprint density at radius 1 is 0.519 bits per heavy atom. The van der Waals surface area contributed by atoms with Gasteiger partial charge in [0.15, 0.2) is 10.2 Å². The molecule has 0 aliphatic rings. The Kier molecular flexibility index (Phi) is 33.4. The van der Waals surface area contributed by atoms with Crippen molar-refractivity contribution in [1.82, 2.24) is 4.90 Å². The molecule has 5 nitrogen and oxygen atoms in total. The number of rotatable bonds is 37. The molecule has 0 fully saturated rings. The molecule has 52 heavy (non-hydrogen) atoms. The van der Waals surface area contributed by atoms with E-state index in [9.17, 15) is 14.4 Å². The Morgan fingerprint density at radius 3 is 1.27 bits per heavy atom. The van der Waals surface area contributed by atoms with Crippen LogP contribution in [0.1, 0.15) is 221 Å². The van der Waals surface area contributed by atoms with Gasteiger partial charge in [-0.1, -0.05) is 181 Å². The first kappa shape index (κ1) is 51.5. The first-order valence-electron chi connectivity index (χ1n) is 22.0. The molecule has 0 N–H and O–H groups in total. The Balaban J connectivity index is 4.48. The number of nitrogens with zero attached hydrogens (tertiary/aromatic N) is 1. The zero-order valence-corrected chi connectivity index (χ0v) is 37.5. The summed E-state index contributed by atoms with van der Waals surface area (Å²) < 4.78 is 6.02. The third-order valence-electron chi connectivity index (χ3n) is 10.5. The number of esters is 1. The van der Waals surface area contributed by atoms with Gasteiger partial charge in [0.1, 0.15) is 6.10 Å². The molecule has 0 spiro atoms. The van der Waals surface area contributed by atoms with Crippen molar-refractivity contribution in [1.29, 1.82) is 0 Å². The van der Waals surface area contributed by atoms with Gasteiger partial charge in [-0.3, -0.25) is 14.4 Å². The van der Waals surface area contributed by atoms with E-state index in [1.165, 1.54) is 89.9 Å². The van der Waals surface area contributed by atoms with Crippen LogP contribution in [0, 0.1) is 10.8 Å². The van der Waals surface area contributed by atoms with E-state index in [4.69, 9.17) is 4.74 Å². The standard InChI is InChI=1S/C45H87NO4S2/c1-9-11-13-15-17-19-21-29-38-51-42(48)44(3,4)35-27-23-25-32-40(50-41(47)34-31-37-46(7)8)33-26-24-28-36-45(5,6)43(49)52-39-30-22-20-18-16-14-12-10-2/h40H,9-39H2,1-8H3. The van der Waals surface area contributed by atoms with Gasteiger partial charge in [-0.05, 0) is 78.4 Å². The van der Waals surface area contributed by atoms with Crippen molar-refractivity contribution in [3.8, 4) is 0 Å². The highest BCUT2D eigenvalue weighted by molar-refractivity contribution is 8.14. The lowest BCUT2D eigenvalue weighted by Gasteiger charge is -2.23. The van der Waals surface area contributed by atoms with Crippen LogP contribution < -0.4 is 0 Å². The van der Waals surface area contributed by atoms with Crippen LogP contribution in [0.15, 0.2) is 0 Å². The van der Waals surface area contributed by atoms with E-state index in [2.05, 4.69) is 46.4 Å². The number of thioether (sulfide) groups is 2. The van der Waals surface area contributed by atoms with E-state index in [0.29, 0.717) is 16.7 Å². The van der Waals surface area contributed by atoms with Crippen molar-refractivity contribution >= 4 is 39.7 Å². The smallest absolute Gasteiger partial charge is 0.306 e. The molecule has 0 radical (unpaired) electrons. The summed E-state index contributed by atoms with van der Waals surface area (Å²) in [6.45, 7) is 13.8. The van der Waals surface area contributed by atoms with Crippen molar-refractivity contribution in [2.24, 2.45) is 10.8 Å². The quantitative estimate of drug-likeness (QED) is 0.0460. The molecule has 7 heteroatoms. The van der Waals surface area contributed by atoms with Gasteiger partial charge in [-0.15, -0.1) is 0 Å². The Bertz CT molecular complexity index is 819. The Hall–Kier alpha value is -0.530. The van der Waals surface area contributed by atoms with Crippen molar-refractivity contribution in [3.05, 3.63) is 0 Å². The zero-order chi connectivity index (χ0) is 38.9. The molecular formula is C45H87NO4S2. The molecule has 0 atom stereocenters. The van der Waals surface area contributed by atoms with E-state index >= 15 is 0 Å². The molecule has 0 saturated carbocycles. The van der Waals surface area contributed by atoms with E-state index < -0.39 is 0 Å². The molecule has 0 aromatic rings. The molecule has 0 unspecified atom stereocenters. The lowest BCUT2D eigenvalue weighted by molar-refractivity contribution is -0.150. The number of hydrogen-bond donors (Lipinski definition) is 0. The second-order valence-corrected chi connectivity index (χ2v) is 19.3.